The van der Waals surface area contributed by atoms with Gasteiger partial charge in [-0.2, -0.15) is 0 Å². The molecule has 3 amide bonds. The van der Waals surface area contributed by atoms with Crippen LogP contribution in [0.4, 0.5) is 10.5 Å². The number of nitrogens with one attached hydrogen (secondary N) is 2. The first-order chi connectivity index (χ1) is 12.1. The van der Waals surface area contributed by atoms with Gasteiger partial charge in [-0.3, -0.25) is 4.79 Å². The van der Waals surface area contributed by atoms with Gasteiger partial charge in [0.1, 0.15) is 0 Å². The Balaban J connectivity index is 1.52. The van der Waals surface area contributed by atoms with Crippen molar-refractivity contribution in [3.8, 4) is 0 Å². The van der Waals surface area contributed by atoms with Gasteiger partial charge >= 0.3 is 6.03 Å². The van der Waals surface area contributed by atoms with Gasteiger partial charge in [-0.25, -0.2) is 4.79 Å². The molecule has 1 aliphatic heterocycles. The van der Waals surface area contributed by atoms with Crippen molar-refractivity contribution in [2.45, 2.75) is 50.6 Å². The number of piperidine rings is 1. The van der Waals surface area contributed by atoms with Crippen molar-refractivity contribution < 1.29 is 9.59 Å². The van der Waals surface area contributed by atoms with Gasteiger partial charge in [-0.1, -0.05) is 18.2 Å². The fraction of sp³-hybridized carbons (Fsp3) is 0.579. The van der Waals surface area contributed by atoms with Crippen molar-refractivity contribution in [3.05, 3.63) is 30.3 Å². The molecule has 0 aromatic heterocycles. The van der Waals surface area contributed by atoms with E-state index in [1.54, 1.807) is 0 Å². The molecule has 3 unspecified atom stereocenters. The molecule has 3 atom stereocenters. The molecule has 0 radical (unpaired) electrons. The number of nitrogens with zero attached hydrogens (tertiary/aromatic N) is 1. The van der Waals surface area contributed by atoms with Crippen LogP contribution in [0.3, 0.4) is 0 Å². The van der Waals surface area contributed by atoms with Crippen LogP contribution in [0.5, 0.6) is 0 Å². The average Bonchev–Trinajstić information content (AvgIpc) is 3.07. The molecule has 25 heavy (non-hydrogen) atoms. The number of amides is 3. The van der Waals surface area contributed by atoms with E-state index < -0.39 is 0 Å². The summed E-state index contributed by atoms with van der Waals surface area (Å²) in [7, 11) is 0. The van der Waals surface area contributed by atoms with Crippen molar-refractivity contribution in [2.24, 2.45) is 11.7 Å². The smallest absolute Gasteiger partial charge is 0.319 e. The fourth-order valence-corrected chi connectivity index (χ4v) is 3.89. The molecule has 0 bridgehead atoms. The van der Waals surface area contributed by atoms with E-state index in [4.69, 9.17) is 5.73 Å². The molecule has 2 fully saturated rings. The minimum absolute atomic E-state index is 0.0637. The van der Waals surface area contributed by atoms with Gasteiger partial charge in [-0.15, -0.1) is 0 Å². The summed E-state index contributed by atoms with van der Waals surface area (Å²) in [6.45, 7) is 1.28. The summed E-state index contributed by atoms with van der Waals surface area (Å²) in [6.07, 6.45) is 5.70. The van der Waals surface area contributed by atoms with Crippen molar-refractivity contribution in [1.82, 2.24) is 10.2 Å². The number of likely N-dealkylation sites (tertiary alicyclic amines) is 1. The van der Waals surface area contributed by atoms with Crippen LogP contribution < -0.4 is 16.4 Å². The van der Waals surface area contributed by atoms with Crippen LogP contribution in [0.2, 0.25) is 0 Å². The second kappa shape index (κ2) is 8.34. The number of hydrogen-bond acceptors (Lipinski definition) is 3. The molecule has 1 aromatic carbocycles. The molecule has 0 spiro atoms. The zero-order chi connectivity index (χ0) is 17.6. The standard InChI is InChI=1S/C19H28N4O2/c20-15-10-9-14(12-15)18(24)23-11-5-4-8-17(23)13-21-19(25)22-16-6-2-1-3-7-16/h1-3,6-7,14-15,17H,4-5,8-13,20H2,(H2,21,22,25). The number of benzene rings is 1. The van der Waals surface area contributed by atoms with Crippen molar-refractivity contribution in [1.29, 1.82) is 0 Å². The van der Waals surface area contributed by atoms with E-state index in [-0.39, 0.29) is 29.9 Å². The minimum atomic E-state index is -0.230. The first-order valence-electron chi connectivity index (χ1n) is 9.29. The highest BCUT2D eigenvalue weighted by Gasteiger charge is 2.35. The number of para-hydroxylation sites is 1. The third-order valence-electron chi connectivity index (χ3n) is 5.26. The summed E-state index contributed by atoms with van der Waals surface area (Å²) in [5, 5.41) is 5.73. The van der Waals surface area contributed by atoms with Gasteiger partial charge in [-0.05, 0) is 50.7 Å². The summed E-state index contributed by atoms with van der Waals surface area (Å²) in [4.78, 5) is 26.9. The molecule has 1 saturated heterocycles. The van der Waals surface area contributed by atoms with Crippen molar-refractivity contribution in [3.63, 3.8) is 0 Å². The largest absolute Gasteiger partial charge is 0.338 e. The molecule has 1 heterocycles. The van der Waals surface area contributed by atoms with Crippen LogP contribution in [0.15, 0.2) is 30.3 Å². The Labute approximate surface area is 149 Å². The zero-order valence-corrected chi connectivity index (χ0v) is 14.6. The summed E-state index contributed by atoms with van der Waals surface area (Å²) in [5.74, 6) is 0.289. The van der Waals surface area contributed by atoms with E-state index in [0.29, 0.717) is 6.54 Å². The number of carbonyl (C=O) groups excluding carboxylic acids is 2. The normalized spacial score (nSPS) is 26.3. The molecule has 3 rings (SSSR count). The maximum atomic E-state index is 12.8. The van der Waals surface area contributed by atoms with E-state index in [1.807, 2.05) is 35.2 Å². The molecular weight excluding hydrogens is 316 g/mol. The Morgan fingerprint density at radius 1 is 1.12 bits per heavy atom. The Kier molecular flexibility index (Phi) is 5.91. The first kappa shape index (κ1) is 17.7. The summed E-state index contributed by atoms with van der Waals surface area (Å²) < 4.78 is 0. The van der Waals surface area contributed by atoms with Crippen LogP contribution in [0, 0.1) is 5.92 Å². The van der Waals surface area contributed by atoms with Crippen LogP contribution >= 0.6 is 0 Å². The maximum absolute atomic E-state index is 12.8. The topological polar surface area (TPSA) is 87.5 Å². The number of carbonyl (C=O) groups is 2. The van der Waals surface area contributed by atoms with Gasteiger partial charge < -0.3 is 21.3 Å². The maximum Gasteiger partial charge on any atom is 0.319 e. The second-order valence-corrected chi connectivity index (χ2v) is 7.15. The molecule has 6 heteroatoms. The lowest BCUT2D eigenvalue weighted by Gasteiger charge is -2.37. The Hall–Kier alpha value is -2.08. The summed E-state index contributed by atoms with van der Waals surface area (Å²) in [5.41, 5.74) is 6.72. The van der Waals surface area contributed by atoms with E-state index in [1.165, 1.54) is 0 Å². The van der Waals surface area contributed by atoms with E-state index in [0.717, 1.165) is 50.8 Å². The third-order valence-corrected chi connectivity index (χ3v) is 5.26. The molecule has 2 aliphatic rings. The van der Waals surface area contributed by atoms with Crippen LogP contribution in [-0.2, 0) is 4.79 Å². The molecule has 4 N–H and O–H groups in total. The third kappa shape index (κ3) is 4.72. The molecule has 1 aromatic rings. The number of anilines is 1. The van der Waals surface area contributed by atoms with Gasteiger partial charge in [0.15, 0.2) is 0 Å². The monoisotopic (exact) mass is 344 g/mol. The Bertz CT molecular complexity index is 592. The highest BCUT2D eigenvalue weighted by Crippen LogP contribution is 2.28. The highest BCUT2D eigenvalue weighted by atomic mass is 16.2. The molecular formula is C19H28N4O2. The van der Waals surface area contributed by atoms with E-state index >= 15 is 0 Å². The SMILES string of the molecule is NC1CCC(C(=O)N2CCCCC2CNC(=O)Nc2ccccc2)C1. The number of urea groups is 1. The van der Waals surface area contributed by atoms with Crippen LogP contribution in [0.1, 0.15) is 38.5 Å². The highest BCUT2D eigenvalue weighted by molar-refractivity contribution is 5.89. The first-order valence-corrected chi connectivity index (χ1v) is 9.29. The van der Waals surface area contributed by atoms with Gasteiger partial charge in [0.2, 0.25) is 5.91 Å². The summed E-state index contributed by atoms with van der Waals surface area (Å²) >= 11 is 0. The van der Waals surface area contributed by atoms with Gasteiger partial charge in [0, 0.05) is 36.8 Å². The van der Waals surface area contributed by atoms with Gasteiger partial charge in [0.25, 0.3) is 0 Å². The zero-order valence-electron chi connectivity index (χ0n) is 14.6. The number of rotatable bonds is 4. The number of hydrogen-bond donors (Lipinski definition) is 3. The lowest BCUT2D eigenvalue weighted by atomic mass is 9.98. The Morgan fingerprint density at radius 3 is 2.64 bits per heavy atom. The molecule has 136 valence electrons. The Morgan fingerprint density at radius 2 is 1.92 bits per heavy atom. The van der Waals surface area contributed by atoms with Crippen LogP contribution in [-0.4, -0.2) is 42.0 Å². The summed E-state index contributed by atoms with van der Waals surface area (Å²) in [6, 6.07) is 9.37. The van der Waals surface area contributed by atoms with Gasteiger partial charge in [0.05, 0.1) is 0 Å². The molecule has 6 nitrogen and oxygen atoms in total. The predicted molar refractivity (Wildman–Crippen MR) is 98.1 cm³/mol. The lowest BCUT2D eigenvalue weighted by molar-refractivity contribution is -0.139. The minimum Gasteiger partial charge on any atom is -0.338 e. The molecule has 1 aliphatic carbocycles. The quantitative estimate of drug-likeness (QED) is 0.783. The predicted octanol–water partition coefficient (Wildman–Crippen LogP) is 2.32. The van der Waals surface area contributed by atoms with Crippen molar-refractivity contribution >= 4 is 17.6 Å². The number of nitrogens with two attached hydrogens (primary N) is 1. The van der Waals surface area contributed by atoms with Crippen LogP contribution in [0.25, 0.3) is 0 Å². The van der Waals surface area contributed by atoms with E-state index in [2.05, 4.69) is 10.6 Å². The average molecular weight is 344 g/mol. The lowest BCUT2D eigenvalue weighted by Crippen LogP contribution is -2.51. The molecule has 1 saturated carbocycles. The second-order valence-electron chi connectivity index (χ2n) is 7.15. The van der Waals surface area contributed by atoms with Crippen molar-refractivity contribution in [2.75, 3.05) is 18.4 Å². The van der Waals surface area contributed by atoms with E-state index in [9.17, 15) is 9.59 Å². The fourth-order valence-electron chi connectivity index (χ4n) is 3.89.